The van der Waals surface area contributed by atoms with E-state index in [1.54, 1.807) is 0 Å². The molecule has 1 aliphatic rings. The van der Waals surface area contributed by atoms with Crippen molar-refractivity contribution < 1.29 is 4.79 Å². The number of hydrogen-bond acceptors (Lipinski definition) is 2. The maximum atomic E-state index is 11.4. The van der Waals surface area contributed by atoms with E-state index >= 15 is 0 Å². The van der Waals surface area contributed by atoms with E-state index in [1.165, 1.54) is 25.7 Å². The van der Waals surface area contributed by atoms with Crippen LogP contribution in [0.5, 0.6) is 0 Å². The van der Waals surface area contributed by atoms with E-state index < -0.39 is 0 Å². The fourth-order valence-corrected chi connectivity index (χ4v) is 4.16. The minimum Gasteiger partial charge on any atom is -0.369 e. The van der Waals surface area contributed by atoms with Crippen molar-refractivity contribution >= 4 is 21.8 Å². The standard InChI is InChI=1S/C15H29BrN2O/c1-3-7-15(11-16,8-4-2)12-18-9-5-6-13(10-18)14(17)19/h13H,3-12H2,1-2H3,(H2,17,19). The molecule has 0 aliphatic carbocycles. The van der Waals surface area contributed by atoms with E-state index in [4.69, 9.17) is 5.73 Å². The third kappa shape index (κ3) is 5.07. The van der Waals surface area contributed by atoms with Crippen LogP contribution in [0.2, 0.25) is 0 Å². The molecule has 4 heteroatoms. The van der Waals surface area contributed by atoms with Crippen LogP contribution < -0.4 is 5.73 Å². The van der Waals surface area contributed by atoms with Gasteiger partial charge in [-0.05, 0) is 37.6 Å². The number of amides is 1. The van der Waals surface area contributed by atoms with Crippen LogP contribution in [0, 0.1) is 11.3 Å². The SMILES string of the molecule is CCCC(CBr)(CCC)CN1CCCC(C(N)=O)C1. The topological polar surface area (TPSA) is 46.3 Å². The number of carbonyl (C=O) groups excluding carboxylic acids is 1. The minimum atomic E-state index is -0.125. The van der Waals surface area contributed by atoms with Crippen LogP contribution in [0.25, 0.3) is 0 Å². The molecule has 0 saturated carbocycles. The number of halogens is 1. The third-order valence-electron chi connectivity index (χ3n) is 4.31. The van der Waals surface area contributed by atoms with Gasteiger partial charge in [-0.25, -0.2) is 0 Å². The molecule has 0 bridgehead atoms. The molecule has 1 heterocycles. The molecule has 1 aliphatic heterocycles. The molecule has 1 saturated heterocycles. The van der Waals surface area contributed by atoms with Crippen molar-refractivity contribution in [1.29, 1.82) is 0 Å². The maximum Gasteiger partial charge on any atom is 0.221 e. The molecule has 0 aromatic rings. The summed E-state index contributed by atoms with van der Waals surface area (Å²) in [6.07, 6.45) is 7.02. The van der Waals surface area contributed by atoms with E-state index in [2.05, 4.69) is 34.7 Å². The Bertz CT molecular complexity index is 277. The first-order valence-electron chi connectivity index (χ1n) is 7.64. The van der Waals surface area contributed by atoms with Crippen molar-refractivity contribution in [3.63, 3.8) is 0 Å². The van der Waals surface area contributed by atoms with E-state index in [9.17, 15) is 4.79 Å². The summed E-state index contributed by atoms with van der Waals surface area (Å²) in [5.41, 5.74) is 5.83. The Morgan fingerprint density at radius 1 is 1.37 bits per heavy atom. The van der Waals surface area contributed by atoms with Gasteiger partial charge in [0.1, 0.15) is 0 Å². The molecule has 2 N–H and O–H groups in total. The van der Waals surface area contributed by atoms with Gasteiger partial charge in [-0.3, -0.25) is 4.79 Å². The lowest BCUT2D eigenvalue weighted by molar-refractivity contribution is -0.123. The van der Waals surface area contributed by atoms with Gasteiger partial charge >= 0.3 is 0 Å². The summed E-state index contributed by atoms with van der Waals surface area (Å²) < 4.78 is 0. The number of nitrogens with two attached hydrogens (primary N) is 1. The lowest BCUT2D eigenvalue weighted by atomic mass is 9.80. The Morgan fingerprint density at radius 2 is 2.00 bits per heavy atom. The summed E-state index contributed by atoms with van der Waals surface area (Å²) in [5, 5.41) is 1.05. The number of alkyl halides is 1. The predicted molar refractivity (Wildman–Crippen MR) is 84.4 cm³/mol. The van der Waals surface area contributed by atoms with Gasteiger partial charge in [0.15, 0.2) is 0 Å². The second kappa shape index (κ2) is 8.25. The number of hydrogen-bond donors (Lipinski definition) is 1. The van der Waals surface area contributed by atoms with Gasteiger partial charge in [-0.15, -0.1) is 0 Å². The fraction of sp³-hybridized carbons (Fsp3) is 0.933. The summed E-state index contributed by atoms with van der Waals surface area (Å²) in [6, 6.07) is 0. The molecule has 0 aromatic carbocycles. The molecule has 3 nitrogen and oxygen atoms in total. The number of rotatable bonds is 8. The van der Waals surface area contributed by atoms with Crippen LogP contribution in [-0.2, 0) is 4.79 Å². The monoisotopic (exact) mass is 332 g/mol. The lowest BCUT2D eigenvalue weighted by Crippen LogP contribution is -2.46. The lowest BCUT2D eigenvalue weighted by Gasteiger charge is -2.40. The molecule has 1 rings (SSSR count). The van der Waals surface area contributed by atoms with Gasteiger partial charge in [-0.1, -0.05) is 42.6 Å². The average molecular weight is 333 g/mol. The number of piperidine rings is 1. The number of primary amides is 1. The Kier molecular flexibility index (Phi) is 7.37. The second-order valence-electron chi connectivity index (χ2n) is 6.11. The highest BCUT2D eigenvalue weighted by Gasteiger charge is 2.32. The zero-order chi connectivity index (χ0) is 14.3. The van der Waals surface area contributed by atoms with Crippen LogP contribution in [0.3, 0.4) is 0 Å². The van der Waals surface area contributed by atoms with Crippen LogP contribution in [0.15, 0.2) is 0 Å². The molecular formula is C15H29BrN2O. The molecular weight excluding hydrogens is 304 g/mol. The molecule has 0 aromatic heterocycles. The Labute approximate surface area is 126 Å². The van der Waals surface area contributed by atoms with Gasteiger partial charge in [0, 0.05) is 18.4 Å². The van der Waals surface area contributed by atoms with Crippen molar-refractivity contribution in [1.82, 2.24) is 4.90 Å². The smallest absolute Gasteiger partial charge is 0.221 e. The van der Waals surface area contributed by atoms with Gasteiger partial charge in [-0.2, -0.15) is 0 Å². The second-order valence-corrected chi connectivity index (χ2v) is 6.67. The largest absolute Gasteiger partial charge is 0.369 e. The molecule has 112 valence electrons. The Balaban J connectivity index is 2.64. The average Bonchev–Trinajstić information content (AvgIpc) is 2.39. The van der Waals surface area contributed by atoms with Gasteiger partial charge in [0.25, 0.3) is 0 Å². The van der Waals surface area contributed by atoms with Crippen molar-refractivity contribution in [3.05, 3.63) is 0 Å². The molecule has 0 spiro atoms. The number of likely N-dealkylation sites (tertiary alicyclic amines) is 1. The van der Waals surface area contributed by atoms with E-state index in [1.807, 2.05) is 0 Å². The highest BCUT2D eigenvalue weighted by molar-refractivity contribution is 9.09. The Hall–Kier alpha value is -0.0900. The minimum absolute atomic E-state index is 0.0602. The molecule has 1 amide bonds. The predicted octanol–water partition coefficient (Wildman–Crippen LogP) is 3.17. The van der Waals surface area contributed by atoms with E-state index in [-0.39, 0.29) is 11.8 Å². The van der Waals surface area contributed by atoms with Crippen LogP contribution in [-0.4, -0.2) is 35.8 Å². The van der Waals surface area contributed by atoms with Gasteiger partial charge in [0.05, 0.1) is 5.92 Å². The highest BCUT2D eigenvalue weighted by atomic mass is 79.9. The third-order valence-corrected chi connectivity index (χ3v) is 5.50. The first-order valence-corrected chi connectivity index (χ1v) is 8.76. The van der Waals surface area contributed by atoms with Crippen LogP contribution in [0.4, 0.5) is 0 Å². The zero-order valence-corrected chi connectivity index (χ0v) is 14.0. The normalized spacial score (nSPS) is 21.5. The summed E-state index contributed by atoms with van der Waals surface area (Å²) in [6.45, 7) is 7.60. The fourth-order valence-electron chi connectivity index (χ4n) is 3.43. The first kappa shape index (κ1) is 17.0. The van der Waals surface area contributed by atoms with Crippen molar-refractivity contribution in [2.24, 2.45) is 17.1 Å². The molecule has 0 radical (unpaired) electrons. The number of carbonyl (C=O) groups is 1. The van der Waals surface area contributed by atoms with E-state index in [0.29, 0.717) is 5.41 Å². The zero-order valence-electron chi connectivity index (χ0n) is 12.5. The summed E-state index contributed by atoms with van der Waals surface area (Å²) in [7, 11) is 0. The molecule has 1 atom stereocenters. The quantitative estimate of drug-likeness (QED) is 0.694. The van der Waals surface area contributed by atoms with Crippen molar-refractivity contribution in [2.45, 2.75) is 52.4 Å². The van der Waals surface area contributed by atoms with E-state index in [0.717, 1.165) is 37.8 Å². The summed E-state index contributed by atoms with van der Waals surface area (Å²) in [5.74, 6) is -0.0647. The highest BCUT2D eigenvalue weighted by Crippen LogP contribution is 2.34. The summed E-state index contributed by atoms with van der Waals surface area (Å²) >= 11 is 3.73. The van der Waals surface area contributed by atoms with Gasteiger partial charge < -0.3 is 10.6 Å². The van der Waals surface area contributed by atoms with Crippen LogP contribution in [0.1, 0.15) is 52.4 Å². The van der Waals surface area contributed by atoms with Crippen molar-refractivity contribution in [3.8, 4) is 0 Å². The molecule has 1 unspecified atom stereocenters. The Morgan fingerprint density at radius 3 is 2.47 bits per heavy atom. The van der Waals surface area contributed by atoms with Crippen LogP contribution >= 0.6 is 15.9 Å². The van der Waals surface area contributed by atoms with Crippen molar-refractivity contribution in [2.75, 3.05) is 25.0 Å². The maximum absolute atomic E-state index is 11.4. The molecule has 1 fully saturated rings. The summed E-state index contributed by atoms with van der Waals surface area (Å²) in [4.78, 5) is 13.8. The first-order chi connectivity index (χ1) is 9.06. The number of nitrogens with zero attached hydrogens (tertiary/aromatic N) is 1. The van der Waals surface area contributed by atoms with Gasteiger partial charge in [0.2, 0.25) is 5.91 Å². The molecule has 19 heavy (non-hydrogen) atoms.